The van der Waals surface area contributed by atoms with Gasteiger partial charge < -0.3 is 28.8 Å². The summed E-state index contributed by atoms with van der Waals surface area (Å²) < 4.78 is 23.9. The highest BCUT2D eigenvalue weighted by molar-refractivity contribution is 5.92. The van der Waals surface area contributed by atoms with E-state index in [0.717, 1.165) is 39.7 Å². The summed E-state index contributed by atoms with van der Waals surface area (Å²) >= 11 is 0. The van der Waals surface area contributed by atoms with Gasteiger partial charge in [0.05, 0.1) is 34.4 Å². The van der Waals surface area contributed by atoms with Crippen molar-refractivity contribution in [1.29, 1.82) is 0 Å². The van der Waals surface area contributed by atoms with Crippen molar-refractivity contribution in [3.63, 3.8) is 0 Å². The van der Waals surface area contributed by atoms with Crippen LogP contribution in [0.5, 0.6) is 0 Å². The lowest BCUT2D eigenvalue weighted by atomic mass is 9.84. The number of hydrogen-bond donors (Lipinski definition) is 1. The molecule has 0 heterocycles. The fraction of sp³-hybridized carbons (Fsp3) is 0.727. The molecule has 0 spiro atoms. The summed E-state index contributed by atoms with van der Waals surface area (Å²) in [5.41, 5.74) is 1.01. The second-order valence-corrected chi connectivity index (χ2v) is 12.0. The van der Waals surface area contributed by atoms with Crippen LogP contribution >= 0.6 is 0 Å². The van der Waals surface area contributed by atoms with Crippen LogP contribution < -0.4 is 0 Å². The van der Waals surface area contributed by atoms with Gasteiger partial charge in [-0.2, -0.15) is 0 Å². The van der Waals surface area contributed by atoms with E-state index in [-0.39, 0.29) is 17.9 Å². The van der Waals surface area contributed by atoms with E-state index in [4.69, 9.17) is 9.47 Å². The molecule has 0 fully saturated rings. The quantitative estimate of drug-likeness (QED) is 0.0927. The van der Waals surface area contributed by atoms with E-state index < -0.39 is 53.9 Å². The minimum atomic E-state index is -2.19. The number of carbonyl (C=O) groups excluding carboxylic acids is 5. The van der Waals surface area contributed by atoms with Gasteiger partial charge in [0.25, 0.3) is 0 Å². The van der Waals surface area contributed by atoms with E-state index in [2.05, 4.69) is 54.9 Å². The average Bonchev–Trinajstić information content (AvgIpc) is 2.97. The minimum absolute atomic E-state index is 0.120. The molecule has 0 saturated heterocycles. The maximum atomic E-state index is 13.1. The third-order valence-electron chi connectivity index (χ3n) is 7.66. The number of allylic oxidation sites excluding steroid dienone is 3. The Hall–Kier alpha value is -3.21. The van der Waals surface area contributed by atoms with Crippen molar-refractivity contribution in [1.82, 2.24) is 0 Å². The Labute approximate surface area is 262 Å². The molecular formula is C33H54O11. The number of esters is 5. The van der Waals surface area contributed by atoms with Crippen molar-refractivity contribution in [2.24, 2.45) is 35.5 Å². The Kier molecular flexibility index (Phi) is 19.2. The van der Waals surface area contributed by atoms with Gasteiger partial charge in [-0.05, 0) is 62.4 Å². The zero-order chi connectivity index (χ0) is 34.1. The van der Waals surface area contributed by atoms with E-state index >= 15 is 0 Å². The van der Waals surface area contributed by atoms with Crippen LogP contribution in [0.25, 0.3) is 0 Å². The number of methoxy groups -OCH3 is 4. The highest BCUT2D eigenvalue weighted by atomic mass is 16.6. The summed E-state index contributed by atoms with van der Waals surface area (Å²) in [7, 11) is 4.14. The van der Waals surface area contributed by atoms with Crippen molar-refractivity contribution >= 4 is 29.8 Å². The van der Waals surface area contributed by atoms with E-state index in [1.54, 1.807) is 6.08 Å². The molecule has 0 aliphatic heterocycles. The molecule has 0 saturated carbocycles. The van der Waals surface area contributed by atoms with Crippen LogP contribution in [0.4, 0.5) is 0 Å². The van der Waals surface area contributed by atoms with Gasteiger partial charge in [-0.1, -0.05) is 59.6 Å². The summed E-state index contributed by atoms with van der Waals surface area (Å²) in [5.74, 6) is -6.12. The molecule has 8 atom stereocenters. The number of carbonyl (C=O) groups is 5. The number of hydrogen-bond acceptors (Lipinski definition) is 11. The summed E-state index contributed by atoms with van der Waals surface area (Å²) in [4.78, 5) is 62.6. The SMILES string of the molecule is CCC(C)CC(C)CC(C)CC(C)C=C(C)C=C(CC(C)C(=O)OC(C(=O)OC)C(C(=O)OC)C(O)C(=O)OC)C(=O)OC. The molecule has 0 rings (SSSR count). The highest BCUT2D eigenvalue weighted by Crippen LogP contribution is 2.27. The first-order valence-corrected chi connectivity index (χ1v) is 15.2. The standard InChI is InChI=1S/C33H54O11/c1-12-19(2)13-20(3)14-21(4)15-22(5)16-23(6)17-25(30(36)40-8)18-24(7)29(35)44-28(33(39)43-11)26(31(37)41-9)27(34)32(38)42-10/h16-17,19-22,24,26-28,34H,12-15,18H2,1-11H3. The van der Waals surface area contributed by atoms with Crippen molar-refractivity contribution < 1.29 is 52.8 Å². The Morgan fingerprint density at radius 1 is 0.705 bits per heavy atom. The van der Waals surface area contributed by atoms with E-state index in [1.165, 1.54) is 26.9 Å². The smallest absolute Gasteiger partial charge is 0.348 e. The Bertz CT molecular complexity index is 1020. The van der Waals surface area contributed by atoms with Gasteiger partial charge in [0, 0.05) is 5.57 Å². The lowest BCUT2D eigenvalue weighted by molar-refractivity contribution is -0.186. The lowest BCUT2D eigenvalue weighted by Gasteiger charge is -2.26. The summed E-state index contributed by atoms with van der Waals surface area (Å²) in [5, 5.41) is 10.4. The third kappa shape index (κ3) is 14.1. The molecule has 44 heavy (non-hydrogen) atoms. The molecule has 0 amide bonds. The zero-order valence-corrected chi connectivity index (χ0v) is 28.3. The summed E-state index contributed by atoms with van der Waals surface area (Å²) in [6.45, 7) is 14.5. The highest BCUT2D eigenvalue weighted by Gasteiger charge is 2.47. The molecule has 0 aromatic heterocycles. The van der Waals surface area contributed by atoms with Crippen molar-refractivity contribution in [2.75, 3.05) is 28.4 Å². The van der Waals surface area contributed by atoms with Crippen LogP contribution in [0.3, 0.4) is 0 Å². The first kappa shape index (κ1) is 40.8. The van der Waals surface area contributed by atoms with Crippen LogP contribution in [0.15, 0.2) is 23.3 Å². The van der Waals surface area contributed by atoms with Crippen LogP contribution in [-0.4, -0.2) is 75.6 Å². The Balaban J connectivity index is 5.85. The molecule has 8 unspecified atom stereocenters. The predicted molar refractivity (Wildman–Crippen MR) is 164 cm³/mol. The zero-order valence-electron chi connectivity index (χ0n) is 28.3. The van der Waals surface area contributed by atoms with Crippen LogP contribution in [0.2, 0.25) is 0 Å². The van der Waals surface area contributed by atoms with Gasteiger partial charge in [0.2, 0.25) is 6.10 Å². The van der Waals surface area contributed by atoms with Crippen LogP contribution in [0.1, 0.15) is 80.6 Å². The van der Waals surface area contributed by atoms with Crippen LogP contribution in [0, 0.1) is 35.5 Å². The molecule has 0 aromatic carbocycles. The van der Waals surface area contributed by atoms with Crippen LogP contribution in [-0.2, 0) is 47.7 Å². The number of rotatable bonds is 19. The molecule has 252 valence electrons. The molecule has 0 radical (unpaired) electrons. The Morgan fingerprint density at radius 3 is 1.73 bits per heavy atom. The monoisotopic (exact) mass is 626 g/mol. The molecule has 0 bridgehead atoms. The Morgan fingerprint density at radius 2 is 1.23 bits per heavy atom. The summed E-state index contributed by atoms with van der Waals surface area (Å²) in [6, 6.07) is 0. The second-order valence-electron chi connectivity index (χ2n) is 12.0. The van der Waals surface area contributed by atoms with E-state index in [9.17, 15) is 29.1 Å². The molecular weight excluding hydrogens is 572 g/mol. The average molecular weight is 627 g/mol. The van der Waals surface area contributed by atoms with E-state index in [0.29, 0.717) is 17.8 Å². The minimum Gasteiger partial charge on any atom is -0.469 e. The van der Waals surface area contributed by atoms with Gasteiger partial charge in [0.15, 0.2) is 6.10 Å². The van der Waals surface area contributed by atoms with Gasteiger partial charge in [0.1, 0.15) is 5.92 Å². The second kappa shape index (κ2) is 20.7. The first-order chi connectivity index (χ1) is 20.6. The number of ether oxygens (including phenoxy) is 5. The molecule has 11 nitrogen and oxygen atoms in total. The van der Waals surface area contributed by atoms with Gasteiger partial charge in [-0.15, -0.1) is 0 Å². The molecule has 11 heteroatoms. The number of aliphatic hydroxyl groups is 1. The lowest BCUT2D eigenvalue weighted by Crippen LogP contribution is -2.49. The predicted octanol–water partition coefficient (Wildman–Crippen LogP) is 4.59. The van der Waals surface area contributed by atoms with E-state index in [1.807, 2.05) is 6.92 Å². The maximum absolute atomic E-state index is 13.1. The molecule has 1 N–H and O–H groups in total. The fourth-order valence-electron chi connectivity index (χ4n) is 5.40. The van der Waals surface area contributed by atoms with Crippen molar-refractivity contribution in [3.05, 3.63) is 23.3 Å². The molecule has 0 aromatic rings. The summed E-state index contributed by atoms with van der Waals surface area (Å²) in [6.07, 6.45) is 3.91. The maximum Gasteiger partial charge on any atom is 0.348 e. The van der Waals surface area contributed by atoms with Gasteiger partial charge in [-0.3, -0.25) is 9.59 Å². The number of aliphatic hydroxyl groups excluding tert-OH is 1. The topological polar surface area (TPSA) is 152 Å². The fourth-order valence-corrected chi connectivity index (χ4v) is 5.40. The molecule has 0 aliphatic rings. The molecule has 0 aliphatic carbocycles. The third-order valence-corrected chi connectivity index (χ3v) is 7.66. The van der Waals surface area contributed by atoms with Crippen molar-refractivity contribution in [2.45, 2.75) is 92.8 Å². The van der Waals surface area contributed by atoms with Crippen molar-refractivity contribution in [3.8, 4) is 0 Å². The normalized spacial score (nSPS) is 17.5. The van der Waals surface area contributed by atoms with Gasteiger partial charge in [-0.25, -0.2) is 14.4 Å². The first-order valence-electron chi connectivity index (χ1n) is 15.2. The largest absolute Gasteiger partial charge is 0.469 e. The van der Waals surface area contributed by atoms with Gasteiger partial charge >= 0.3 is 29.8 Å².